The molecule has 0 aromatic heterocycles. The fourth-order valence-electron chi connectivity index (χ4n) is 6.08. The van der Waals surface area contributed by atoms with E-state index in [0.717, 1.165) is 25.7 Å². The van der Waals surface area contributed by atoms with E-state index in [1.807, 2.05) is 0 Å². The third-order valence-corrected chi connectivity index (χ3v) is 10.1. The molecule has 0 unspecified atom stereocenters. The van der Waals surface area contributed by atoms with E-state index >= 15 is 0 Å². The molecule has 0 heterocycles. The van der Waals surface area contributed by atoms with Gasteiger partial charge in [-0.15, -0.1) is 0 Å². The van der Waals surface area contributed by atoms with Gasteiger partial charge < -0.3 is 39.7 Å². The molecule has 0 aliphatic rings. The zero-order chi connectivity index (χ0) is 41.8. The number of aliphatic hydroxyl groups is 6. The van der Waals surface area contributed by atoms with Gasteiger partial charge in [0.1, 0.15) is 0 Å². The van der Waals surface area contributed by atoms with Gasteiger partial charge in [-0.25, -0.2) is 0 Å². The number of allylic oxidation sites excluding steroid dienone is 4. The Hall–Kier alpha value is -0.970. The largest absolute Gasteiger partial charge is 0.759 e. The second-order valence-electron chi connectivity index (χ2n) is 15.3. The third-order valence-electron chi connectivity index (χ3n) is 10.1. The Morgan fingerprint density at radius 3 is 0.745 bits per heavy atom. The number of aliphatic hydroxyl groups excluding tert-OH is 6. The van der Waals surface area contributed by atoms with Crippen molar-refractivity contribution in [1.29, 1.82) is 0 Å². The summed E-state index contributed by atoms with van der Waals surface area (Å²) in [6.45, 7) is 4.63. The summed E-state index contributed by atoms with van der Waals surface area (Å²) >= 11 is 0. The topological polar surface area (TPSA) is 202 Å². The minimum Gasteiger partial charge on any atom is -0.759 e. The Bertz CT molecular complexity index is 831. The Balaban J connectivity index is -0.000000874. The maximum atomic E-state index is 9.25. The minimum absolute atomic E-state index is 0.0105. The fraction of sp³-hybridized carbons (Fsp3) is 0.905. The maximum Gasteiger partial charge on any atom is 0.183 e. The minimum atomic E-state index is -5.17. The summed E-state index contributed by atoms with van der Waals surface area (Å²) in [5, 5.41) is 55.5. The van der Waals surface area contributed by atoms with Crippen LogP contribution < -0.4 is 0 Å². The van der Waals surface area contributed by atoms with Gasteiger partial charge in [-0.1, -0.05) is 141 Å². The quantitative estimate of drug-likeness (QED) is 0.00885. The molecule has 332 valence electrons. The summed E-state index contributed by atoms with van der Waals surface area (Å²) in [6, 6.07) is 0. The van der Waals surface area contributed by atoms with Crippen LogP contribution in [0, 0.1) is 0 Å². The molecule has 0 aromatic carbocycles. The van der Waals surface area contributed by atoms with Crippen molar-refractivity contribution in [2.75, 3.05) is 53.5 Å². The highest BCUT2D eigenvalue weighted by Gasteiger charge is 2.24. The summed E-state index contributed by atoms with van der Waals surface area (Å²) in [5.41, 5.74) is 0. The molecule has 0 rings (SSSR count). The van der Waals surface area contributed by atoms with Crippen molar-refractivity contribution in [3.8, 4) is 0 Å². The van der Waals surface area contributed by atoms with Crippen LogP contribution in [0.2, 0.25) is 0 Å². The van der Waals surface area contributed by atoms with Gasteiger partial charge >= 0.3 is 0 Å². The average Bonchev–Trinajstić information content (AvgIpc) is 3.17. The molecular weight excluding hydrogens is 725 g/mol. The van der Waals surface area contributed by atoms with Crippen molar-refractivity contribution in [3.63, 3.8) is 0 Å². The fourth-order valence-corrected chi connectivity index (χ4v) is 6.08. The monoisotopic (exact) mass is 813 g/mol. The molecule has 0 radical (unpaired) electrons. The third kappa shape index (κ3) is 45.6. The molecule has 55 heavy (non-hydrogen) atoms. The average molecular weight is 813 g/mol. The van der Waals surface area contributed by atoms with E-state index in [9.17, 15) is 30.6 Å². The lowest BCUT2D eigenvalue weighted by molar-refractivity contribution is -0.976. The molecule has 6 N–H and O–H groups in total. The summed E-state index contributed by atoms with van der Waals surface area (Å²) in [4.78, 5) is 0. The van der Waals surface area contributed by atoms with Gasteiger partial charge in [-0.3, -0.25) is 17.4 Å². The summed E-state index contributed by atoms with van der Waals surface area (Å²) in [5.74, 6) is 0. The van der Waals surface area contributed by atoms with Gasteiger partial charge in [0, 0.05) is 10.4 Å². The van der Waals surface area contributed by atoms with Crippen molar-refractivity contribution in [2.45, 2.75) is 194 Å². The molecule has 0 amide bonds. The number of hydrogen-bond donors (Lipinski definition) is 6. The van der Waals surface area contributed by atoms with E-state index in [0.29, 0.717) is 13.1 Å². The summed E-state index contributed by atoms with van der Waals surface area (Å²) < 4.78 is 34.1. The SMILES string of the molecule is CCCCCCCC/C=C\CCCCCCCC[N+](CO)(CO)CO.CCCCCCCC/C=C\CCCCCCCC[N+](CO)(CO)CO.O=S(=O)([O-])[O-]. The van der Waals surface area contributed by atoms with E-state index in [2.05, 4.69) is 38.2 Å². The molecule has 0 aliphatic carbocycles. The normalized spacial score (nSPS) is 12.3. The van der Waals surface area contributed by atoms with E-state index in [1.54, 1.807) is 0 Å². The van der Waals surface area contributed by atoms with Gasteiger partial charge in [0.25, 0.3) is 0 Å². The molecular formula is C42H88N2O10S. The lowest BCUT2D eigenvalue weighted by Gasteiger charge is -2.31. The molecule has 0 spiro atoms. The number of quaternary nitrogens is 2. The van der Waals surface area contributed by atoms with Crippen LogP contribution in [0.4, 0.5) is 0 Å². The number of nitrogens with zero attached hydrogens (tertiary/aromatic N) is 2. The zero-order valence-electron chi connectivity index (χ0n) is 35.4. The second-order valence-corrected chi connectivity index (χ2v) is 16.1. The number of rotatable bonds is 38. The molecule has 0 atom stereocenters. The van der Waals surface area contributed by atoms with E-state index in [-0.39, 0.29) is 49.4 Å². The Morgan fingerprint density at radius 2 is 0.545 bits per heavy atom. The second kappa shape index (κ2) is 44.1. The first-order chi connectivity index (χ1) is 26.5. The Kier molecular flexibility index (Phi) is 46.8. The lowest BCUT2D eigenvalue weighted by Crippen LogP contribution is -2.50. The molecule has 0 saturated heterocycles. The van der Waals surface area contributed by atoms with Crippen LogP contribution >= 0.6 is 0 Å². The molecule has 0 aliphatic heterocycles. The number of hydrogen-bond acceptors (Lipinski definition) is 10. The highest BCUT2D eigenvalue weighted by molar-refractivity contribution is 7.79. The first-order valence-electron chi connectivity index (χ1n) is 21.8. The van der Waals surface area contributed by atoms with E-state index < -0.39 is 10.4 Å². The molecule has 13 heteroatoms. The Labute approximate surface area is 338 Å². The van der Waals surface area contributed by atoms with Crippen molar-refractivity contribution in [3.05, 3.63) is 24.3 Å². The van der Waals surface area contributed by atoms with Gasteiger partial charge in [-0.05, 0) is 77.0 Å². The van der Waals surface area contributed by atoms with Gasteiger partial charge in [0.05, 0.1) is 13.1 Å². The number of unbranched alkanes of at least 4 members (excludes halogenated alkanes) is 24. The first-order valence-corrected chi connectivity index (χ1v) is 23.1. The highest BCUT2D eigenvalue weighted by atomic mass is 32.3. The highest BCUT2D eigenvalue weighted by Crippen LogP contribution is 2.14. The maximum absolute atomic E-state index is 9.25. The predicted octanol–water partition coefficient (Wildman–Crippen LogP) is 8.04. The van der Waals surface area contributed by atoms with Crippen LogP contribution in [-0.4, -0.2) is 111 Å². The summed E-state index contributed by atoms with van der Waals surface area (Å²) in [7, 11) is -5.17. The smallest absolute Gasteiger partial charge is 0.183 e. The van der Waals surface area contributed by atoms with Gasteiger partial charge in [-0.2, -0.15) is 0 Å². The van der Waals surface area contributed by atoms with Crippen molar-refractivity contribution in [2.24, 2.45) is 0 Å². The van der Waals surface area contributed by atoms with E-state index in [4.69, 9.17) is 17.5 Å². The first kappa shape index (κ1) is 58.3. The van der Waals surface area contributed by atoms with Crippen molar-refractivity contribution in [1.82, 2.24) is 0 Å². The molecule has 0 saturated carbocycles. The predicted molar refractivity (Wildman–Crippen MR) is 222 cm³/mol. The van der Waals surface area contributed by atoms with Crippen LogP contribution in [0.5, 0.6) is 0 Å². The van der Waals surface area contributed by atoms with Crippen molar-refractivity contribution < 1.29 is 57.1 Å². The van der Waals surface area contributed by atoms with Crippen LogP contribution in [0.15, 0.2) is 24.3 Å². The molecule has 0 bridgehead atoms. The van der Waals surface area contributed by atoms with Crippen LogP contribution in [-0.2, 0) is 10.4 Å². The van der Waals surface area contributed by atoms with Gasteiger partial charge in [0.2, 0.25) is 0 Å². The van der Waals surface area contributed by atoms with Crippen LogP contribution in [0.1, 0.15) is 194 Å². The van der Waals surface area contributed by atoms with Gasteiger partial charge in [0.15, 0.2) is 40.4 Å². The zero-order valence-corrected chi connectivity index (χ0v) is 36.2. The van der Waals surface area contributed by atoms with Crippen LogP contribution in [0.25, 0.3) is 0 Å². The molecule has 0 fully saturated rings. The Morgan fingerprint density at radius 1 is 0.364 bits per heavy atom. The van der Waals surface area contributed by atoms with Crippen LogP contribution in [0.3, 0.4) is 0 Å². The van der Waals surface area contributed by atoms with E-state index in [1.165, 1.54) is 154 Å². The molecule has 12 nitrogen and oxygen atoms in total. The lowest BCUT2D eigenvalue weighted by atomic mass is 10.1. The summed E-state index contributed by atoms with van der Waals surface area (Å²) in [6.07, 6.45) is 44.9. The molecule has 0 aromatic rings. The standard InChI is InChI=1S/2C21H44NO3.H2O4S/c2*1-2-3-4-5-6-7-8-9-10-11-12-13-14-15-16-17-18-22(19-23,20-24)21-25;1-5(2,3)4/h2*9-10,23-25H,2-8,11-21H2,1H3;(H2,1,2,3,4)/q2*+1;/p-2/b2*10-9-;. The van der Waals surface area contributed by atoms with Crippen molar-refractivity contribution >= 4 is 10.4 Å².